The van der Waals surface area contributed by atoms with Gasteiger partial charge in [-0.15, -0.1) is 0 Å². The molecule has 0 radical (unpaired) electrons. The highest BCUT2D eigenvalue weighted by molar-refractivity contribution is 9.10. The van der Waals surface area contributed by atoms with E-state index in [1.54, 1.807) is 16.8 Å². The van der Waals surface area contributed by atoms with Crippen LogP contribution in [-0.2, 0) is 0 Å². The first kappa shape index (κ1) is 15.4. The van der Waals surface area contributed by atoms with Crippen molar-refractivity contribution in [3.05, 3.63) is 46.6 Å². The van der Waals surface area contributed by atoms with Gasteiger partial charge in [0, 0.05) is 0 Å². The molecule has 0 aromatic carbocycles. The third-order valence-corrected chi connectivity index (χ3v) is 3.50. The lowest BCUT2D eigenvalue weighted by Gasteiger charge is -2.11. The number of nitrogens with one attached hydrogen (secondary N) is 1. The molecule has 3 rings (SSSR count). The molecule has 1 amide bonds. The standard InChI is InChI=1S/C15H14BrN5O2/c1-3-23-12-8-21-10(4-9(2)20-21)5-11(12)15(22)19-14-7-17-13(16)6-18-14/h4-8H,3H2,1-2H3,(H,18,19,22). The highest BCUT2D eigenvalue weighted by Gasteiger charge is 2.16. The molecule has 0 aliphatic heterocycles. The fourth-order valence-electron chi connectivity index (χ4n) is 2.16. The summed E-state index contributed by atoms with van der Waals surface area (Å²) < 4.78 is 7.86. The largest absolute Gasteiger partial charge is 0.491 e. The number of nitrogens with zero attached hydrogens (tertiary/aromatic N) is 4. The number of aromatic nitrogens is 4. The molecular weight excluding hydrogens is 362 g/mol. The van der Waals surface area contributed by atoms with Gasteiger partial charge in [-0.25, -0.2) is 14.5 Å². The summed E-state index contributed by atoms with van der Waals surface area (Å²) in [5, 5.41) is 7.04. The van der Waals surface area contributed by atoms with Gasteiger partial charge in [-0.3, -0.25) is 4.79 Å². The van der Waals surface area contributed by atoms with Gasteiger partial charge in [-0.2, -0.15) is 5.10 Å². The lowest BCUT2D eigenvalue weighted by molar-refractivity contribution is 0.102. The monoisotopic (exact) mass is 375 g/mol. The third-order valence-electron chi connectivity index (χ3n) is 3.09. The Hall–Kier alpha value is -2.48. The molecule has 0 saturated carbocycles. The van der Waals surface area contributed by atoms with Crippen LogP contribution in [0.2, 0.25) is 0 Å². The maximum Gasteiger partial charge on any atom is 0.260 e. The van der Waals surface area contributed by atoms with Crippen LogP contribution in [0.15, 0.2) is 35.3 Å². The van der Waals surface area contributed by atoms with E-state index >= 15 is 0 Å². The number of anilines is 1. The predicted octanol–water partition coefficient (Wildman–Crippen LogP) is 2.85. The fraction of sp³-hybridized carbons (Fsp3) is 0.200. The molecule has 0 aliphatic rings. The smallest absolute Gasteiger partial charge is 0.260 e. The molecule has 0 bridgehead atoms. The van der Waals surface area contributed by atoms with E-state index < -0.39 is 0 Å². The van der Waals surface area contributed by atoms with Crippen LogP contribution in [0.3, 0.4) is 0 Å². The Morgan fingerprint density at radius 3 is 2.87 bits per heavy atom. The van der Waals surface area contributed by atoms with E-state index in [1.165, 1.54) is 12.4 Å². The van der Waals surface area contributed by atoms with E-state index in [-0.39, 0.29) is 5.91 Å². The van der Waals surface area contributed by atoms with Gasteiger partial charge in [0.1, 0.15) is 10.4 Å². The number of pyridine rings is 1. The van der Waals surface area contributed by atoms with Gasteiger partial charge >= 0.3 is 0 Å². The number of hydrogen-bond acceptors (Lipinski definition) is 5. The Bertz CT molecular complexity index is 860. The lowest BCUT2D eigenvalue weighted by atomic mass is 10.2. The number of aryl methyl sites for hydroxylation is 1. The van der Waals surface area contributed by atoms with E-state index in [0.29, 0.717) is 28.3 Å². The van der Waals surface area contributed by atoms with Crippen LogP contribution in [0.5, 0.6) is 5.75 Å². The minimum absolute atomic E-state index is 0.313. The zero-order chi connectivity index (χ0) is 16.4. The summed E-state index contributed by atoms with van der Waals surface area (Å²) in [6.45, 7) is 4.20. The normalized spacial score (nSPS) is 10.7. The average Bonchev–Trinajstić information content (AvgIpc) is 2.88. The zero-order valence-electron chi connectivity index (χ0n) is 12.6. The summed E-state index contributed by atoms with van der Waals surface area (Å²) in [7, 11) is 0. The topological polar surface area (TPSA) is 81.4 Å². The van der Waals surface area contributed by atoms with Gasteiger partial charge in [0.25, 0.3) is 5.91 Å². The maximum atomic E-state index is 12.5. The van der Waals surface area contributed by atoms with E-state index in [1.807, 2.05) is 19.9 Å². The Morgan fingerprint density at radius 2 is 2.17 bits per heavy atom. The fourth-order valence-corrected chi connectivity index (χ4v) is 2.36. The summed E-state index contributed by atoms with van der Waals surface area (Å²) in [5.41, 5.74) is 2.10. The first-order valence-corrected chi connectivity index (χ1v) is 7.78. The summed E-state index contributed by atoms with van der Waals surface area (Å²) in [4.78, 5) is 20.7. The van der Waals surface area contributed by atoms with Crippen LogP contribution in [0.1, 0.15) is 23.0 Å². The molecule has 1 N–H and O–H groups in total. The van der Waals surface area contributed by atoms with Gasteiger partial charge in [-0.1, -0.05) is 0 Å². The molecule has 3 aromatic heterocycles. The number of ether oxygens (including phenoxy) is 1. The second-order valence-corrected chi connectivity index (χ2v) is 5.63. The summed E-state index contributed by atoms with van der Waals surface area (Å²) >= 11 is 3.20. The Balaban J connectivity index is 1.97. The van der Waals surface area contributed by atoms with Crippen molar-refractivity contribution in [2.24, 2.45) is 0 Å². The molecule has 23 heavy (non-hydrogen) atoms. The molecule has 0 aliphatic carbocycles. The number of fused-ring (bicyclic) bond motifs is 1. The molecule has 0 spiro atoms. The zero-order valence-corrected chi connectivity index (χ0v) is 14.2. The Labute approximate surface area is 140 Å². The molecular formula is C15H14BrN5O2. The number of amides is 1. The highest BCUT2D eigenvalue weighted by Crippen LogP contribution is 2.22. The number of rotatable bonds is 4. The van der Waals surface area contributed by atoms with E-state index in [4.69, 9.17) is 4.74 Å². The summed E-state index contributed by atoms with van der Waals surface area (Å²) in [6.07, 6.45) is 4.69. The van der Waals surface area contributed by atoms with Crippen LogP contribution >= 0.6 is 15.9 Å². The van der Waals surface area contributed by atoms with Crippen molar-refractivity contribution in [2.75, 3.05) is 11.9 Å². The van der Waals surface area contributed by atoms with Crippen molar-refractivity contribution >= 4 is 33.2 Å². The van der Waals surface area contributed by atoms with Crippen molar-refractivity contribution in [2.45, 2.75) is 13.8 Å². The van der Waals surface area contributed by atoms with Gasteiger partial charge < -0.3 is 10.1 Å². The van der Waals surface area contributed by atoms with Crippen molar-refractivity contribution in [1.82, 2.24) is 19.6 Å². The van der Waals surface area contributed by atoms with Crippen molar-refractivity contribution in [3.63, 3.8) is 0 Å². The molecule has 7 nitrogen and oxygen atoms in total. The maximum absolute atomic E-state index is 12.5. The van der Waals surface area contributed by atoms with E-state index in [0.717, 1.165) is 11.2 Å². The molecule has 0 unspecified atom stereocenters. The van der Waals surface area contributed by atoms with Crippen molar-refractivity contribution in [3.8, 4) is 5.75 Å². The number of carbonyl (C=O) groups is 1. The lowest BCUT2D eigenvalue weighted by Crippen LogP contribution is -2.15. The van der Waals surface area contributed by atoms with Gasteiger partial charge in [-0.05, 0) is 41.9 Å². The molecule has 118 valence electrons. The predicted molar refractivity (Wildman–Crippen MR) is 88.8 cm³/mol. The van der Waals surface area contributed by atoms with Crippen LogP contribution in [0.4, 0.5) is 5.82 Å². The number of carbonyl (C=O) groups excluding carboxylic acids is 1. The minimum atomic E-state index is -0.313. The highest BCUT2D eigenvalue weighted by atomic mass is 79.9. The number of hydrogen-bond donors (Lipinski definition) is 1. The van der Waals surface area contributed by atoms with Crippen LogP contribution in [0.25, 0.3) is 5.52 Å². The second kappa shape index (κ2) is 6.33. The van der Waals surface area contributed by atoms with E-state index in [2.05, 4.69) is 36.3 Å². The molecule has 0 fully saturated rings. The third kappa shape index (κ3) is 3.31. The minimum Gasteiger partial charge on any atom is -0.491 e. The Morgan fingerprint density at radius 1 is 1.35 bits per heavy atom. The molecule has 0 saturated heterocycles. The quantitative estimate of drug-likeness (QED) is 0.757. The van der Waals surface area contributed by atoms with Gasteiger partial charge in [0.05, 0.1) is 42.0 Å². The molecule has 3 aromatic rings. The molecule has 0 atom stereocenters. The van der Waals surface area contributed by atoms with E-state index in [9.17, 15) is 4.79 Å². The first-order valence-electron chi connectivity index (χ1n) is 6.98. The van der Waals surface area contributed by atoms with Crippen molar-refractivity contribution in [1.29, 1.82) is 0 Å². The van der Waals surface area contributed by atoms with Crippen molar-refractivity contribution < 1.29 is 9.53 Å². The van der Waals surface area contributed by atoms with Crippen LogP contribution in [-0.4, -0.2) is 32.1 Å². The van der Waals surface area contributed by atoms with Crippen LogP contribution < -0.4 is 10.1 Å². The number of halogens is 1. The first-order chi connectivity index (χ1) is 11.1. The summed E-state index contributed by atoms with van der Waals surface area (Å²) in [5.74, 6) is 0.516. The van der Waals surface area contributed by atoms with Gasteiger partial charge in [0.15, 0.2) is 5.82 Å². The summed E-state index contributed by atoms with van der Waals surface area (Å²) in [6, 6.07) is 3.64. The molecule has 8 heteroatoms. The van der Waals surface area contributed by atoms with Crippen LogP contribution in [0, 0.1) is 6.92 Å². The van der Waals surface area contributed by atoms with Gasteiger partial charge in [0.2, 0.25) is 0 Å². The SMILES string of the molecule is CCOc1cn2nc(C)cc2cc1C(=O)Nc1cnc(Br)cn1. The Kier molecular flexibility index (Phi) is 4.24. The second-order valence-electron chi connectivity index (χ2n) is 4.82. The average molecular weight is 376 g/mol. The molecule has 3 heterocycles.